The fourth-order valence-electron chi connectivity index (χ4n) is 1.77. The summed E-state index contributed by atoms with van der Waals surface area (Å²) in [6.45, 7) is 4.06. The number of halogens is 1. The molecule has 3 heteroatoms. The van der Waals surface area contributed by atoms with E-state index < -0.39 is 0 Å². The topological polar surface area (TPSA) is 26.3 Å². The van der Waals surface area contributed by atoms with Crippen LogP contribution in [-0.4, -0.2) is 12.9 Å². The van der Waals surface area contributed by atoms with E-state index in [1.54, 1.807) is 24.3 Å². The minimum Gasteiger partial charge on any atom is -0.490 e. The zero-order chi connectivity index (χ0) is 13.7. The summed E-state index contributed by atoms with van der Waals surface area (Å²) in [5.74, 6) is 0.762. The average molecular weight is 273 g/mol. The molecule has 0 N–H and O–H groups in total. The molecule has 2 aromatic carbocycles. The molecule has 0 spiro atoms. The normalized spacial score (nSPS) is 9.95. The zero-order valence-electron chi connectivity index (χ0n) is 10.3. The Kier molecular flexibility index (Phi) is 4.37. The Morgan fingerprint density at radius 2 is 1.89 bits per heavy atom. The van der Waals surface area contributed by atoms with Crippen molar-refractivity contribution in [3.05, 3.63) is 65.7 Å². The molecule has 0 heterocycles. The molecule has 0 saturated carbocycles. The Hall–Kier alpha value is -2.06. The maximum Gasteiger partial charge on any atom is 0.150 e. The summed E-state index contributed by atoms with van der Waals surface area (Å²) in [6, 6.07) is 12.7. The number of carbonyl (C=O) groups is 1. The third-order valence-electron chi connectivity index (χ3n) is 2.68. The van der Waals surface area contributed by atoms with Crippen LogP contribution in [0.1, 0.15) is 10.4 Å². The molecule has 0 aliphatic rings. The minimum absolute atomic E-state index is 0.468. The smallest absolute Gasteiger partial charge is 0.150 e. The summed E-state index contributed by atoms with van der Waals surface area (Å²) in [5, 5.41) is 0.604. The van der Waals surface area contributed by atoms with E-state index in [2.05, 4.69) is 6.58 Å². The zero-order valence-corrected chi connectivity index (χ0v) is 11.1. The molecule has 0 aliphatic carbocycles. The van der Waals surface area contributed by atoms with E-state index in [1.807, 2.05) is 24.3 Å². The predicted octanol–water partition coefficient (Wildman–Crippen LogP) is 4.38. The SMILES string of the molecule is C=CCOc1ccc(-c2cc(Cl)ccc2C=O)cc1. The molecular formula is C16H13ClO2. The van der Waals surface area contributed by atoms with Gasteiger partial charge in [-0.05, 0) is 41.5 Å². The number of benzene rings is 2. The van der Waals surface area contributed by atoms with E-state index in [0.717, 1.165) is 23.2 Å². The molecule has 0 radical (unpaired) electrons. The van der Waals surface area contributed by atoms with Gasteiger partial charge in [-0.3, -0.25) is 4.79 Å². The standard InChI is InChI=1S/C16H13ClO2/c1-2-9-19-15-7-4-12(5-8-15)16-10-14(17)6-3-13(16)11-18/h2-8,10-11H,1,9H2. The van der Waals surface area contributed by atoms with Gasteiger partial charge in [-0.25, -0.2) is 0 Å². The van der Waals surface area contributed by atoms with Crippen molar-refractivity contribution in [1.29, 1.82) is 0 Å². The first-order chi connectivity index (χ1) is 9.24. The Balaban J connectivity index is 2.33. The summed E-state index contributed by atoms with van der Waals surface area (Å²) < 4.78 is 5.41. The Bertz CT molecular complexity index is 588. The molecule has 19 heavy (non-hydrogen) atoms. The van der Waals surface area contributed by atoms with Crippen LogP contribution < -0.4 is 4.74 Å². The lowest BCUT2D eigenvalue weighted by molar-refractivity contribution is 0.112. The van der Waals surface area contributed by atoms with Gasteiger partial charge in [0.1, 0.15) is 12.4 Å². The Morgan fingerprint density at radius 1 is 1.16 bits per heavy atom. The van der Waals surface area contributed by atoms with Crippen LogP contribution in [-0.2, 0) is 0 Å². The van der Waals surface area contributed by atoms with Gasteiger partial charge in [0, 0.05) is 10.6 Å². The molecule has 2 aromatic rings. The van der Waals surface area contributed by atoms with Crippen LogP contribution in [0.25, 0.3) is 11.1 Å². The fraction of sp³-hybridized carbons (Fsp3) is 0.0625. The first-order valence-electron chi connectivity index (χ1n) is 5.83. The van der Waals surface area contributed by atoms with Crippen LogP contribution in [0.2, 0.25) is 5.02 Å². The summed E-state index contributed by atoms with van der Waals surface area (Å²) in [6.07, 6.45) is 2.52. The van der Waals surface area contributed by atoms with E-state index in [0.29, 0.717) is 17.2 Å². The number of ether oxygens (including phenoxy) is 1. The van der Waals surface area contributed by atoms with Gasteiger partial charge in [-0.15, -0.1) is 0 Å². The number of hydrogen-bond donors (Lipinski definition) is 0. The molecule has 2 nitrogen and oxygen atoms in total. The lowest BCUT2D eigenvalue weighted by Crippen LogP contribution is -1.92. The van der Waals surface area contributed by atoms with Gasteiger partial charge in [0.25, 0.3) is 0 Å². The van der Waals surface area contributed by atoms with Crippen molar-refractivity contribution in [2.45, 2.75) is 0 Å². The highest BCUT2D eigenvalue weighted by Crippen LogP contribution is 2.27. The van der Waals surface area contributed by atoms with Crippen LogP contribution in [0, 0.1) is 0 Å². The summed E-state index contributed by atoms with van der Waals surface area (Å²) in [7, 11) is 0. The molecule has 0 unspecified atom stereocenters. The second-order valence-electron chi connectivity index (χ2n) is 3.97. The second kappa shape index (κ2) is 6.21. The first-order valence-corrected chi connectivity index (χ1v) is 6.21. The van der Waals surface area contributed by atoms with Crippen molar-refractivity contribution in [3.63, 3.8) is 0 Å². The molecule has 96 valence electrons. The maximum atomic E-state index is 11.0. The number of hydrogen-bond acceptors (Lipinski definition) is 2. The van der Waals surface area contributed by atoms with Gasteiger partial charge in [-0.2, -0.15) is 0 Å². The average Bonchev–Trinajstić information content (AvgIpc) is 2.45. The molecule has 0 bridgehead atoms. The molecule has 0 saturated heterocycles. The van der Waals surface area contributed by atoms with Crippen molar-refractivity contribution in [2.24, 2.45) is 0 Å². The second-order valence-corrected chi connectivity index (χ2v) is 4.41. The van der Waals surface area contributed by atoms with E-state index in [1.165, 1.54) is 0 Å². The highest BCUT2D eigenvalue weighted by Gasteiger charge is 2.05. The maximum absolute atomic E-state index is 11.0. The lowest BCUT2D eigenvalue weighted by atomic mass is 10.0. The largest absolute Gasteiger partial charge is 0.490 e. The lowest BCUT2D eigenvalue weighted by Gasteiger charge is -2.08. The van der Waals surface area contributed by atoms with Gasteiger partial charge in [0.15, 0.2) is 6.29 Å². The summed E-state index contributed by atoms with van der Waals surface area (Å²) in [5.41, 5.74) is 2.36. The number of carbonyl (C=O) groups excluding carboxylic acids is 1. The van der Waals surface area contributed by atoms with Gasteiger partial charge in [0.05, 0.1) is 0 Å². The van der Waals surface area contributed by atoms with E-state index in [4.69, 9.17) is 16.3 Å². The molecule has 2 rings (SSSR count). The van der Waals surface area contributed by atoms with Crippen molar-refractivity contribution in [2.75, 3.05) is 6.61 Å². The quantitative estimate of drug-likeness (QED) is 0.596. The molecule has 0 aromatic heterocycles. The molecule has 0 aliphatic heterocycles. The van der Waals surface area contributed by atoms with Crippen molar-refractivity contribution in [3.8, 4) is 16.9 Å². The first kappa shape index (κ1) is 13.4. The molecule has 0 fully saturated rings. The van der Waals surface area contributed by atoms with E-state index in [-0.39, 0.29) is 0 Å². The highest BCUT2D eigenvalue weighted by atomic mass is 35.5. The van der Waals surface area contributed by atoms with Crippen LogP contribution in [0.3, 0.4) is 0 Å². The number of aldehydes is 1. The van der Waals surface area contributed by atoms with Gasteiger partial charge >= 0.3 is 0 Å². The Labute approximate surface area is 117 Å². The van der Waals surface area contributed by atoms with Gasteiger partial charge in [0.2, 0.25) is 0 Å². The van der Waals surface area contributed by atoms with E-state index >= 15 is 0 Å². The van der Waals surface area contributed by atoms with Gasteiger partial charge in [-0.1, -0.05) is 36.4 Å². The van der Waals surface area contributed by atoms with Crippen LogP contribution >= 0.6 is 11.6 Å². The van der Waals surface area contributed by atoms with Crippen molar-refractivity contribution >= 4 is 17.9 Å². The predicted molar refractivity (Wildman–Crippen MR) is 78.0 cm³/mol. The van der Waals surface area contributed by atoms with Crippen LogP contribution in [0.4, 0.5) is 0 Å². The van der Waals surface area contributed by atoms with Crippen molar-refractivity contribution in [1.82, 2.24) is 0 Å². The monoisotopic (exact) mass is 272 g/mol. The highest BCUT2D eigenvalue weighted by molar-refractivity contribution is 6.31. The van der Waals surface area contributed by atoms with Gasteiger partial charge < -0.3 is 4.74 Å². The molecule has 0 amide bonds. The van der Waals surface area contributed by atoms with Crippen LogP contribution in [0.5, 0.6) is 5.75 Å². The molecular weight excluding hydrogens is 260 g/mol. The summed E-state index contributed by atoms with van der Waals surface area (Å²) in [4.78, 5) is 11.0. The van der Waals surface area contributed by atoms with Crippen LogP contribution in [0.15, 0.2) is 55.1 Å². The third kappa shape index (κ3) is 3.24. The number of rotatable bonds is 5. The molecule has 0 atom stereocenters. The summed E-state index contributed by atoms with van der Waals surface area (Å²) >= 11 is 5.97. The minimum atomic E-state index is 0.468. The fourth-order valence-corrected chi connectivity index (χ4v) is 1.94. The Morgan fingerprint density at radius 3 is 2.53 bits per heavy atom. The van der Waals surface area contributed by atoms with E-state index in [9.17, 15) is 4.79 Å². The van der Waals surface area contributed by atoms with Crippen molar-refractivity contribution < 1.29 is 9.53 Å². The third-order valence-corrected chi connectivity index (χ3v) is 2.91.